The monoisotopic (exact) mass is 569 g/mol. The zero-order valence-electron chi connectivity index (χ0n) is 23.0. The molecule has 0 aliphatic rings. The molecule has 0 saturated heterocycles. The van der Waals surface area contributed by atoms with E-state index < -0.39 is 28.5 Å². The lowest BCUT2D eigenvalue weighted by atomic mass is 10.1. The summed E-state index contributed by atoms with van der Waals surface area (Å²) in [6, 6.07) is 19.5. The fourth-order valence-electron chi connectivity index (χ4n) is 4.06. The van der Waals surface area contributed by atoms with Crippen LogP contribution in [0.5, 0.6) is 0 Å². The van der Waals surface area contributed by atoms with E-state index in [0.29, 0.717) is 10.7 Å². The topological polar surface area (TPSA) is 86.8 Å². The lowest BCUT2D eigenvalue weighted by molar-refractivity contribution is -0.139. The van der Waals surface area contributed by atoms with E-state index in [1.807, 2.05) is 58.0 Å². The largest absolute Gasteiger partial charge is 0.352 e. The summed E-state index contributed by atoms with van der Waals surface area (Å²) < 4.78 is 28.8. The average Bonchev–Trinajstić information content (AvgIpc) is 2.90. The minimum absolute atomic E-state index is 0.00854. The smallest absolute Gasteiger partial charge is 0.264 e. The summed E-state index contributed by atoms with van der Waals surface area (Å²) in [6.45, 7) is 8.99. The molecule has 0 fully saturated rings. The second kappa shape index (κ2) is 13.1. The number of rotatable bonds is 11. The highest BCUT2D eigenvalue weighted by atomic mass is 35.5. The van der Waals surface area contributed by atoms with Crippen LogP contribution in [-0.2, 0) is 26.2 Å². The summed E-state index contributed by atoms with van der Waals surface area (Å²) in [5.41, 5.74) is 3.03. The van der Waals surface area contributed by atoms with Crippen molar-refractivity contribution in [2.45, 2.75) is 64.6 Å². The van der Waals surface area contributed by atoms with Crippen molar-refractivity contribution in [3.8, 4) is 0 Å². The van der Waals surface area contributed by atoms with Gasteiger partial charge in [-0.3, -0.25) is 13.9 Å². The number of carbonyl (C=O) groups is 2. The summed E-state index contributed by atoms with van der Waals surface area (Å²) in [6.07, 6.45) is 0.741. The van der Waals surface area contributed by atoms with Gasteiger partial charge in [-0.1, -0.05) is 54.9 Å². The summed E-state index contributed by atoms with van der Waals surface area (Å²) in [5.74, 6) is -0.793. The van der Waals surface area contributed by atoms with Crippen molar-refractivity contribution in [3.63, 3.8) is 0 Å². The van der Waals surface area contributed by atoms with E-state index in [0.717, 1.165) is 27.4 Å². The van der Waals surface area contributed by atoms with E-state index >= 15 is 0 Å². The lowest BCUT2D eigenvalue weighted by Crippen LogP contribution is -2.52. The van der Waals surface area contributed by atoms with Gasteiger partial charge >= 0.3 is 0 Å². The first-order valence-corrected chi connectivity index (χ1v) is 14.7. The second-order valence-corrected chi connectivity index (χ2v) is 12.0. The Morgan fingerprint density at radius 3 is 2.23 bits per heavy atom. The van der Waals surface area contributed by atoms with Crippen LogP contribution in [0.4, 0.5) is 5.69 Å². The zero-order valence-corrected chi connectivity index (χ0v) is 24.6. The van der Waals surface area contributed by atoms with Crippen LogP contribution >= 0.6 is 11.6 Å². The maximum atomic E-state index is 14.0. The number of anilines is 1. The minimum Gasteiger partial charge on any atom is -0.352 e. The standard InChI is InChI=1S/C30H36ClN3O4S/c1-6-23(4)32-30(36)24(5)33(19-25-12-8-7-11-22(25)3)29(35)20-34(27-13-9-10-21(2)18-27)39(37,38)28-16-14-26(31)15-17-28/h7-18,23-24H,6,19-20H2,1-5H3,(H,32,36). The normalized spacial score (nSPS) is 12.9. The van der Waals surface area contributed by atoms with Crippen molar-refractivity contribution in [1.29, 1.82) is 0 Å². The molecule has 0 aromatic heterocycles. The average molecular weight is 570 g/mol. The molecule has 3 aromatic rings. The first kappa shape index (κ1) is 30.2. The summed E-state index contributed by atoms with van der Waals surface area (Å²) in [5, 5.41) is 3.34. The van der Waals surface area contributed by atoms with E-state index in [1.54, 1.807) is 25.1 Å². The zero-order chi connectivity index (χ0) is 28.7. The number of nitrogens with one attached hydrogen (secondary N) is 1. The first-order valence-electron chi connectivity index (χ1n) is 12.9. The number of halogens is 1. The molecule has 0 aliphatic carbocycles. The molecule has 2 unspecified atom stereocenters. The van der Waals surface area contributed by atoms with Crippen LogP contribution in [0.25, 0.3) is 0 Å². The number of aryl methyl sites for hydroxylation is 2. The Balaban J connectivity index is 2.04. The number of hydrogen-bond acceptors (Lipinski definition) is 4. The van der Waals surface area contributed by atoms with E-state index in [1.165, 1.54) is 29.2 Å². The molecule has 0 saturated carbocycles. The summed E-state index contributed by atoms with van der Waals surface area (Å²) >= 11 is 6.00. The molecule has 208 valence electrons. The molecule has 1 N–H and O–H groups in total. The van der Waals surface area contributed by atoms with Gasteiger partial charge in [0.1, 0.15) is 12.6 Å². The van der Waals surface area contributed by atoms with Gasteiger partial charge in [0.2, 0.25) is 11.8 Å². The molecule has 7 nitrogen and oxygen atoms in total. The number of benzene rings is 3. The summed E-state index contributed by atoms with van der Waals surface area (Å²) in [4.78, 5) is 28.6. The molecule has 0 bridgehead atoms. The fraction of sp³-hybridized carbons (Fsp3) is 0.333. The van der Waals surface area contributed by atoms with E-state index in [4.69, 9.17) is 11.6 Å². The predicted octanol–water partition coefficient (Wildman–Crippen LogP) is 5.48. The van der Waals surface area contributed by atoms with E-state index in [2.05, 4.69) is 5.32 Å². The Bertz CT molecular complexity index is 1410. The van der Waals surface area contributed by atoms with Gasteiger partial charge in [-0.15, -0.1) is 0 Å². The highest BCUT2D eigenvalue weighted by Gasteiger charge is 2.33. The van der Waals surface area contributed by atoms with Crippen LogP contribution in [0.1, 0.15) is 43.9 Å². The van der Waals surface area contributed by atoms with Crippen LogP contribution < -0.4 is 9.62 Å². The van der Waals surface area contributed by atoms with Crippen LogP contribution in [0.3, 0.4) is 0 Å². The number of hydrogen-bond donors (Lipinski definition) is 1. The quantitative estimate of drug-likeness (QED) is 0.331. The first-order chi connectivity index (χ1) is 18.4. The maximum Gasteiger partial charge on any atom is 0.264 e. The second-order valence-electron chi connectivity index (χ2n) is 9.75. The van der Waals surface area contributed by atoms with Crippen molar-refractivity contribution < 1.29 is 18.0 Å². The van der Waals surface area contributed by atoms with Gasteiger partial charge in [-0.05, 0) is 87.2 Å². The molecule has 2 atom stereocenters. The molecule has 3 rings (SSSR count). The lowest BCUT2D eigenvalue weighted by Gasteiger charge is -2.33. The minimum atomic E-state index is -4.14. The third-order valence-corrected chi connectivity index (χ3v) is 8.78. The van der Waals surface area contributed by atoms with Gasteiger partial charge in [0.25, 0.3) is 10.0 Å². The Labute approximate surface area is 236 Å². The van der Waals surface area contributed by atoms with Crippen molar-refractivity contribution in [1.82, 2.24) is 10.2 Å². The molecular weight excluding hydrogens is 534 g/mol. The third-order valence-electron chi connectivity index (χ3n) is 6.74. The van der Waals surface area contributed by atoms with Gasteiger partial charge in [0.15, 0.2) is 0 Å². The molecule has 9 heteroatoms. The van der Waals surface area contributed by atoms with Crippen molar-refractivity contribution >= 4 is 39.1 Å². The SMILES string of the molecule is CCC(C)NC(=O)C(C)N(Cc1ccccc1C)C(=O)CN(c1cccc(C)c1)S(=O)(=O)c1ccc(Cl)cc1. The third kappa shape index (κ3) is 7.61. The fourth-order valence-corrected chi connectivity index (χ4v) is 5.60. The Kier molecular flexibility index (Phi) is 10.2. The van der Waals surface area contributed by atoms with Crippen LogP contribution in [-0.4, -0.2) is 43.8 Å². The number of carbonyl (C=O) groups excluding carboxylic acids is 2. The highest BCUT2D eigenvalue weighted by Crippen LogP contribution is 2.26. The number of nitrogens with zero attached hydrogens (tertiary/aromatic N) is 2. The predicted molar refractivity (Wildman–Crippen MR) is 156 cm³/mol. The van der Waals surface area contributed by atoms with Crippen LogP contribution in [0, 0.1) is 13.8 Å². The number of sulfonamides is 1. The Morgan fingerprint density at radius 2 is 1.62 bits per heavy atom. The van der Waals surface area contributed by atoms with Gasteiger partial charge in [0, 0.05) is 17.6 Å². The van der Waals surface area contributed by atoms with Crippen LogP contribution in [0.15, 0.2) is 77.7 Å². The van der Waals surface area contributed by atoms with E-state index in [-0.39, 0.29) is 23.4 Å². The van der Waals surface area contributed by atoms with Gasteiger partial charge in [-0.2, -0.15) is 0 Å². The molecule has 0 aliphatic heterocycles. The van der Waals surface area contributed by atoms with Crippen molar-refractivity contribution in [2.75, 3.05) is 10.8 Å². The molecule has 2 amide bonds. The molecule has 39 heavy (non-hydrogen) atoms. The highest BCUT2D eigenvalue weighted by molar-refractivity contribution is 7.92. The van der Waals surface area contributed by atoms with Crippen LogP contribution in [0.2, 0.25) is 5.02 Å². The Morgan fingerprint density at radius 1 is 0.949 bits per heavy atom. The molecule has 0 spiro atoms. The van der Waals surface area contributed by atoms with Crippen molar-refractivity contribution in [2.24, 2.45) is 0 Å². The van der Waals surface area contributed by atoms with Gasteiger partial charge < -0.3 is 10.2 Å². The van der Waals surface area contributed by atoms with Crippen molar-refractivity contribution in [3.05, 3.63) is 94.5 Å². The Hall–Kier alpha value is -3.36. The summed E-state index contributed by atoms with van der Waals surface area (Å²) in [7, 11) is -4.14. The molecule has 0 heterocycles. The molecule has 3 aromatic carbocycles. The van der Waals surface area contributed by atoms with E-state index in [9.17, 15) is 18.0 Å². The molecule has 0 radical (unpaired) electrons. The van der Waals surface area contributed by atoms with Gasteiger partial charge in [0.05, 0.1) is 10.6 Å². The number of amides is 2. The molecular formula is C30H36ClN3O4S. The maximum absolute atomic E-state index is 14.0. The van der Waals surface area contributed by atoms with Gasteiger partial charge in [-0.25, -0.2) is 8.42 Å².